The van der Waals surface area contributed by atoms with Crippen LogP contribution in [0.3, 0.4) is 0 Å². The molecule has 0 atom stereocenters. The Labute approximate surface area is 89.3 Å². The van der Waals surface area contributed by atoms with Crippen molar-refractivity contribution >= 4 is 33.2 Å². The number of nitrogens with zero attached hydrogens (tertiary/aromatic N) is 2. The van der Waals surface area contributed by atoms with E-state index >= 15 is 0 Å². The topological polar surface area (TPSA) is 42.9 Å². The zero-order valence-electron chi connectivity index (χ0n) is 7.27. The number of hydrogen-bond donors (Lipinski definition) is 0. The highest BCUT2D eigenvalue weighted by Crippen LogP contribution is 2.13. The number of fused-ring (bicyclic) bond motifs is 1. The second-order valence-corrected chi connectivity index (χ2v) is 3.36. The zero-order chi connectivity index (χ0) is 9.97. The second kappa shape index (κ2) is 3.84. The maximum atomic E-state index is 10.7. The minimum Gasteiger partial charge on any atom is -0.296 e. The standard InChI is InChI=1S/C10H7BrN2O/c11-5-9-10(6-14)13-8-4-2-1-3-7(8)12-9/h1-4,6H,5H2. The van der Waals surface area contributed by atoms with Crippen LogP contribution in [0, 0.1) is 0 Å². The largest absolute Gasteiger partial charge is 0.296 e. The Balaban J connectivity index is 2.75. The van der Waals surface area contributed by atoms with E-state index in [-0.39, 0.29) is 0 Å². The SMILES string of the molecule is O=Cc1nc2ccccc2nc1CBr. The van der Waals surface area contributed by atoms with E-state index in [9.17, 15) is 4.79 Å². The smallest absolute Gasteiger partial charge is 0.170 e. The number of hydrogen-bond acceptors (Lipinski definition) is 3. The van der Waals surface area contributed by atoms with Crippen molar-refractivity contribution in [3.05, 3.63) is 35.7 Å². The number of aromatic nitrogens is 2. The molecular formula is C10H7BrN2O. The third kappa shape index (κ3) is 1.53. The maximum absolute atomic E-state index is 10.7. The van der Waals surface area contributed by atoms with Crippen LogP contribution in [0.5, 0.6) is 0 Å². The molecule has 0 unspecified atom stereocenters. The summed E-state index contributed by atoms with van der Waals surface area (Å²) in [7, 11) is 0. The quantitative estimate of drug-likeness (QED) is 0.607. The van der Waals surface area contributed by atoms with E-state index in [1.165, 1.54) is 0 Å². The van der Waals surface area contributed by atoms with Gasteiger partial charge >= 0.3 is 0 Å². The second-order valence-electron chi connectivity index (χ2n) is 2.80. The van der Waals surface area contributed by atoms with Gasteiger partial charge in [-0.15, -0.1) is 0 Å². The van der Waals surface area contributed by atoms with E-state index in [0.717, 1.165) is 17.3 Å². The molecule has 3 nitrogen and oxygen atoms in total. The number of halogens is 1. The number of benzene rings is 1. The van der Waals surface area contributed by atoms with Crippen LogP contribution in [0.1, 0.15) is 16.2 Å². The molecule has 2 aromatic rings. The fourth-order valence-electron chi connectivity index (χ4n) is 1.24. The van der Waals surface area contributed by atoms with Crippen LogP contribution in [0.15, 0.2) is 24.3 Å². The number of carbonyl (C=O) groups is 1. The number of alkyl halides is 1. The third-order valence-electron chi connectivity index (χ3n) is 1.91. The van der Waals surface area contributed by atoms with Crippen LogP contribution in [-0.2, 0) is 5.33 Å². The number of para-hydroxylation sites is 2. The molecule has 2 rings (SSSR count). The number of rotatable bonds is 2. The van der Waals surface area contributed by atoms with E-state index in [4.69, 9.17) is 0 Å². The summed E-state index contributed by atoms with van der Waals surface area (Å²) in [4.78, 5) is 19.2. The van der Waals surface area contributed by atoms with Gasteiger partial charge in [0, 0.05) is 5.33 Å². The van der Waals surface area contributed by atoms with Gasteiger partial charge < -0.3 is 0 Å². The van der Waals surface area contributed by atoms with Crippen molar-refractivity contribution in [3.63, 3.8) is 0 Å². The molecule has 0 radical (unpaired) electrons. The molecular weight excluding hydrogens is 244 g/mol. The Hall–Kier alpha value is -1.29. The lowest BCUT2D eigenvalue weighted by Gasteiger charge is -2.01. The summed E-state index contributed by atoms with van der Waals surface area (Å²) < 4.78 is 0. The molecule has 0 amide bonds. The summed E-state index contributed by atoms with van der Waals surface area (Å²) >= 11 is 3.27. The highest BCUT2D eigenvalue weighted by molar-refractivity contribution is 9.08. The Kier molecular flexibility index (Phi) is 2.54. The first-order valence-corrected chi connectivity index (χ1v) is 5.24. The lowest BCUT2D eigenvalue weighted by Crippen LogP contribution is -1.98. The van der Waals surface area contributed by atoms with Crippen LogP contribution >= 0.6 is 15.9 Å². The zero-order valence-corrected chi connectivity index (χ0v) is 8.86. The van der Waals surface area contributed by atoms with Crippen LogP contribution < -0.4 is 0 Å². The maximum Gasteiger partial charge on any atom is 0.170 e. The molecule has 0 spiro atoms. The van der Waals surface area contributed by atoms with E-state index in [1.54, 1.807) is 0 Å². The van der Waals surface area contributed by atoms with Crippen molar-refractivity contribution in [2.75, 3.05) is 0 Å². The molecule has 1 aromatic carbocycles. The van der Waals surface area contributed by atoms with Crippen molar-refractivity contribution in [2.24, 2.45) is 0 Å². The molecule has 0 aliphatic carbocycles. The highest BCUT2D eigenvalue weighted by atomic mass is 79.9. The molecule has 1 aromatic heterocycles. The van der Waals surface area contributed by atoms with Gasteiger partial charge in [0.25, 0.3) is 0 Å². The monoisotopic (exact) mass is 250 g/mol. The van der Waals surface area contributed by atoms with Gasteiger partial charge in [0.15, 0.2) is 6.29 Å². The van der Waals surface area contributed by atoms with Crippen molar-refractivity contribution in [1.29, 1.82) is 0 Å². The molecule has 70 valence electrons. The van der Waals surface area contributed by atoms with Crippen LogP contribution in [0.25, 0.3) is 11.0 Å². The summed E-state index contributed by atoms with van der Waals surface area (Å²) in [6.07, 6.45) is 0.732. The molecule has 1 heterocycles. The van der Waals surface area contributed by atoms with Gasteiger partial charge in [-0.3, -0.25) is 4.79 Å². The van der Waals surface area contributed by atoms with Gasteiger partial charge in [-0.05, 0) is 12.1 Å². The van der Waals surface area contributed by atoms with E-state index < -0.39 is 0 Å². The van der Waals surface area contributed by atoms with Crippen molar-refractivity contribution < 1.29 is 4.79 Å². The van der Waals surface area contributed by atoms with Gasteiger partial charge in [-0.1, -0.05) is 28.1 Å². The molecule has 0 fully saturated rings. The Morgan fingerprint density at radius 1 is 1.21 bits per heavy atom. The highest BCUT2D eigenvalue weighted by Gasteiger charge is 2.05. The minimum atomic E-state index is 0.403. The van der Waals surface area contributed by atoms with Crippen LogP contribution in [0.4, 0.5) is 0 Å². The molecule has 0 aliphatic rings. The molecule has 0 saturated carbocycles. The summed E-state index contributed by atoms with van der Waals surface area (Å²) in [6, 6.07) is 7.49. The minimum absolute atomic E-state index is 0.403. The Morgan fingerprint density at radius 3 is 2.43 bits per heavy atom. The summed E-state index contributed by atoms with van der Waals surface area (Å²) in [5, 5.41) is 0.541. The molecule has 0 aliphatic heterocycles. The lowest BCUT2D eigenvalue weighted by molar-refractivity contribution is 0.111. The fraction of sp³-hybridized carbons (Fsp3) is 0.100. The third-order valence-corrected chi connectivity index (χ3v) is 2.44. The molecule has 0 N–H and O–H groups in total. The van der Waals surface area contributed by atoms with E-state index in [0.29, 0.717) is 16.7 Å². The van der Waals surface area contributed by atoms with Crippen molar-refractivity contribution in [2.45, 2.75) is 5.33 Å². The first-order valence-electron chi connectivity index (χ1n) is 4.12. The van der Waals surface area contributed by atoms with Crippen molar-refractivity contribution in [1.82, 2.24) is 9.97 Å². The lowest BCUT2D eigenvalue weighted by atomic mass is 10.2. The summed E-state index contributed by atoms with van der Waals surface area (Å²) in [6.45, 7) is 0. The fourth-order valence-corrected chi connectivity index (χ4v) is 1.66. The van der Waals surface area contributed by atoms with Gasteiger partial charge in [-0.2, -0.15) is 0 Å². The average Bonchev–Trinajstić information content (AvgIpc) is 2.27. The van der Waals surface area contributed by atoms with Gasteiger partial charge in [0.2, 0.25) is 0 Å². The van der Waals surface area contributed by atoms with Crippen molar-refractivity contribution in [3.8, 4) is 0 Å². The van der Waals surface area contributed by atoms with Gasteiger partial charge in [0.05, 0.1) is 16.7 Å². The number of aldehydes is 1. The number of carbonyl (C=O) groups excluding carboxylic acids is 1. The summed E-state index contributed by atoms with van der Waals surface area (Å²) in [5.74, 6) is 0. The Morgan fingerprint density at radius 2 is 1.86 bits per heavy atom. The normalized spacial score (nSPS) is 10.4. The first-order chi connectivity index (χ1) is 6.85. The molecule has 0 bridgehead atoms. The predicted molar refractivity (Wildman–Crippen MR) is 57.6 cm³/mol. The average molecular weight is 251 g/mol. The summed E-state index contributed by atoms with van der Waals surface area (Å²) in [5.41, 5.74) is 2.64. The van der Waals surface area contributed by atoms with Crippen LogP contribution in [0.2, 0.25) is 0 Å². The van der Waals surface area contributed by atoms with E-state index in [1.807, 2.05) is 24.3 Å². The van der Waals surface area contributed by atoms with Gasteiger partial charge in [-0.25, -0.2) is 9.97 Å². The van der Waals surface area contributed by atoms with E-state index in [2.05, 4.69) is 25.9 Å². The predicted octanol–water partition coefficient (Wildman–Crippen LogP) is 2.34. The van der Waals surface area contributed by atoms with Crippen LogP contribution in [-0.4, -0.2) is 16.3 Å². The molecule has 4 heteroatoms. The first kappa shape index (κ1) is 9.27. The molecule has 14 heavy (non-hydrogen) atoms. The van der Waals surface area contributed by atoms with Gasteiger partial charge in [0.1, 0.15) is 5.69 Å². The Bertz CT molecular complexity index is 485. The molecule has 0 saturated heterocycles.